The summed E-state index contributed by atoms with van der Waals surface area (Å²) in [6.45, 7) is 2.68. The van der Waals surface area contributed by atoms with Crippen LogP contribution in [0.3, 0.4) is 0 Å². The largest absolute Gasteiger partial charge is 0.493 e. The minimum absolute atomic E-state index is 0.112. The molecule has 40 heavy (non-hydrogen) atoms. The van der Waals surface area contributed by atoms with E-state index in [9.17, 15) is 18.0 Å². The summed E-state index contributed by atoms with van der Waals surface area (Å²) in [7, 11) is -0.0103. The Morgan fingerprint density at radius 2 is 1.55 bits per heavy atom. The fraction of sp³-hybridized carbons (Fsp3) is 0.286. The summed E-state index contributed by atoms with van der Waals surface area (Å²) in [6.07, 6.45) is 0. The average molecular weight is 609 g/mol. The van der Waals surface area contributed by atoms with Gasteiger partial charge in [0.1, 0.15) is 12.6 Å². The highest BCUT2D eigenvalue weighted by atomic mass is 35.5. The summed E-state index contributed by atoms with van der Waals surface area (Å²) in [5.74, 6) is -0.526. The van der Waals surface area contributed by atoms with Gasteiger partial charge in [0, 0.05) is 35.3 Å². The van der Waals surface area contributed by atoms with Crippen molar-refractivity contribution in [3.63, 3.8) is 0 Å². The molecule has 0 fully saturated rings. The van der Waals surface area contributed by atoms with Gasteiger partial charge in [0.2, 0.25) is 11.8 Å². The molecule has 3 aromatic rings. The molecule has 0 saturated carbocycles. The third kappa shape index (κ3) is 6.80. The van der Waals surface area contributed by atoms with Crippen LogP contribution in [-0.2, 0) is 26.2 Å². The van der Waals surface area contributed by atoms with Gasteiger partial charge in [0.25, 0.3) is 10.0 Å². The standard InChI is InChI=1S/C28H31Cl2N3O6S/c1-18-9-11-20(12-10-18)33(40(36,37)21-13-14-25(38-4)26(15-21)39-5)17-27(34)32(19(2)28(35)31-3)16-22-23(29)7-6-8-24(22)30/h6-15,19H,16-17H2,1-5H3,(H,31,35)/t19-/m1/s1. The van der Waals surface area contributed by atoms with Crippen LogP contribution in [0.4, 0.5) is 5.69 Å². The maximum Gasteiger partial charge on any atom is 0.264 e. The average Bonchev–Trinajstić information content (AvgIpc) is 2.94. The van der Waals surface area contributed by atoms with Crippen LogP contribution >= 0.6 is 23.2 Å². The van der Waals surface area contributed by atoms with E-state index in [1.54, 1.807) is 49.4 Å². The summed E-state index contributed by atoms with van der Waals surface area (Å²) in [6, 6.07) is 14.8. The molecule has 0 aliphatic heterocycles. The molecule has 1 atom stereocenters. The van der Waals surface area contributed by atoms with Crippen LogP contribution < -0.4 is 19.1 Å². The van der Waals surface area contributed by atoms with Crippen molar-refractivity contribution in [3.05, 3.63) is 81.8 Å². The highest BCUT2D eigenvalue weighted by Crippen LogP contribution is 2.33. The van der Waals surface area contributed by atoms with Crippen LogP contribution in [0.5, 0.6) is 11.5 Å². The van der Waals surface area contributed by atoms with E-state index < -0.39 is 34.4 Å². The smallest absolute Gasteiger partial charge is 0.264 e. The molecule has 0 unspecified atom stereocenters. The van der Waals surface area contributed by atoms with Crippen LogP contribution in [0.25, 0.3) is 0 Å². The van der Waals surface area contributed by atoms with Crippen molar-refractivity contribution in [3.8, 4) is 11.5 Å². The third-order valence-corrected chi connectivity index (χ3v) is 8.83. The second kappa shape index (κ2) is 13.3. The predicted octanol–water partition coefficient (Wildman–Crippen LogP) is 4.68. The second-order valence-corrected chi connectivity index (χ2v) is 11.6. The summed E-state index contributed by atoms with van der Waals surface area (Å²) in [4.78, 5) is 27.7. The molecule has 0 aliphatic carbocycles. The Labute approximate surface area is 244 Å². The number of aryl methyl sites for hydroxylation is 1. The number of rotatable bonds is 11. The summed E-state index contributed by atoms with van der Waals surface area (Å²) < 4.78 is 39.5. The molecule has 214 valence electrons. The number of anilines is 1. The third-order valence-electron chi connectivity index (χ3n) is 6.35. The Morgan fingerprint density at radius 3 is 2.10 bits per heavy atom. The zero-order chi connectivity index (χ0) is 29.6. The molecule has 3 aromatic carbocycles. The van der Waals surface area contributed by atoms with Crippen molar-refractivity contribution in [1.29, 1.82) is 0 Å². The SMILES string of the molecule is CNC(=O)[C@@H](C)N(Cc1c(Cl)cccc1Cl)C(=O)CN(c1ccc(C)cc1)S(=O)(=O)c1ccc(OC)c(OC)c1. The van der Waals surface area contributed by atoms with Crippen molar-refractivity contribution in [1.82, 2.24) is 10.2 Å². The molecule has 0 radical (unpaired) electrons. The number of amides is 2. The number of carbonyl (C=O) groups is 2. The lowest BCUT2D eigenvalue weighted by Gasteiger charge is -2.32. The number of halogens is 2. The monoisotopic (exact) mass is 607 g/mol. The molecule has 0 spiro atoms. The number of methoxy groups -OCH3 is 2. The summed E-state index contributed by atoms with van der Waals surface area (Å²) in [5.41, 5.74) is 1.60. The van der Waals surface area contributed by atoms with E-state index >= 15 is 0 Å². The Kier molecular flexibility index (Phi) is 10.3. The van der Waals surface area contributed by atoms with Crippen molar-refractivity contribution in [2.24, 2.45) is 0 Å². The van der Waals surface area contributed by atoms with Crippen molar-refractivity contribution >= 4 is 50.7 Å². The van der Waals surface area contributed by atoms with E-state index in [4.69, 9.17) is 32.7 Å². The Bertz CT molecular complexity index is 1460. The van der Waals surface area contributed by atoms with E-state index in [0.717, 1.165) is 9.87 Å². The fourth-order valence-electron chi connectivity index (χ4n) is 3.99. The van der Waals surface area contributed by atoms with Gasteiger partial charge in [-0.05, 0) is 50.2 Å². The lowest BCUT2D eigenvalue weighted by Crippen LogP contribution is -2.50. The molecule has 0 saturated heterocycles. The zero-order valence-corrected chi connectivity index (χ0v) is 25.1. The van der Waals surface area contributed by atoms with E-state index in [1.165, 1.54) is 44.4 Å². The first-order valence-electron chi connectivity index (χ1n) is 12.2. The molecule has 9 nitrogen and oxygen atoms in total. The summed E-state index contributed by atoms with van der Waals surface area (Å²) in [5, 5.41) is 3.15. The second-order valence-electron chi connectivity index (χ2n) is 8.88. The van der Waals surface area contributed by atoms with Gasteiger partial charge in [-0.25, -0.2) is 8.42 Å². The topological polar surface area (TPSA) is 105 Å². The number of likely N-dealkylation sites (N-methyl/N-ethyl adjacent to an activating group) is 1. The number of benzene rings is 3. The minimum atomic E-state index is -4.30. The lowest BCUT2D eigenvalue weighted by molar-refractivity contribution is -0.139. The van der Waals surface area contributed by atoms with E-state index in [2.05, 4.69) is 5.32 Å². The molecule has 0 aromatic heterocycles. The first-order chi connectivity index (χ1) is 18.9. The molecule has 12 heteroatoms. The quantitative estimate of drug-likeness (QED) is 0.339. The van der Waals surface area contributed by atoms with Gasteiger partial charge in [-0.2, -0.15) is 0 Å². The van der Waals surface area contributed by atoms with Gasteiger partial charge in [-0.1, -0.05) is 47.0 Å². The molecule has 0 aliphatic rings. The molecule has 2 amide bonds. The van der Waals surface area contributed by atoms with Gasteiger partial charge in [0.15, 0.2) is 11.5 Å². The number of hydrogen-bond acceptors (Lipinski definition) is 6. The number of hydrogen-bond donors (Lipinski definition) is 1. The minimum Gasteiger partial charge on any atom is -0.493 e. The summed E-state index contributed by atoms with van der Waals surface area (Å²) >= 11 is 12.7. The molecule has 1 N–H and O–H groups in total. The van der Waals surface area contributed by atoms with Gasteiger partial charge < -0.3 is 19.7 Å². The van der Waals surface area contributed by atoms with Gasteiger partial charge in [0.05, 0.1) is 24.8 Å². The van der Waals surface area contributed by atoms with E-state index in [0.29, 0.717) is 21.4 Å². The first-order valence-corrected chi connectivity index (χ1v) is 14.4. The van der Waals surface area contributed by atoms with E-state index in [1.807, 2.05) is 6.92 Å². The Morgan fingerprint density at radius 1 is 0.950 bits per heavy atom. The predicted molar refractivity (Wildman–Crippen MR) is 156 cm³/mol. The number of nitrogens with zero attached hydrogens (tertiary/aromatic N) is 2. The maximum atomic E-state index is 14.0. The molecular weight excluding hydrogens is 577 g/mol. The van der Waals surface area contributed by atoms with Crippen molar-refractivity contribution in [2.75, 3.05) is 32.1 Å². The van der Waals surface area contributed by atoms with Crippen molar-refractivity contribution < 1.29 is 27.5 Å². The van der Waals surface area contributed by atoms with Crippen LogP contribution in [0, 0.1) is 6.92 Å². The maximum absolute atomic E-state index is 14.0. The van der Waals surface area contributed by atoms with Crippen LogP contribution in [0.15, 0.2) is 65.6 Å². The fourth-order valence-corrected chi connectivity index (χ4v) is 5.94. The first kappa shape index (κ1) is 31.1. The van der Waals surface area contributed by atoms with Crippen LogP contribution in [0.1, 0.15) is 18.1 Å². The molecule has 0 heterocycles. The number of sulfonamides is 1. The lowest BCUT2D eigenvalue weighted by atomic mass is 10.1. The van der Waals surface area contributed by atoms with Crippen LogP contribution in [-0.4, -0.2) is 59.0 Å². The molecule has 0 bridgehead atoms. The Hall–Kier alpha value is -3.47. The number of ether oxygens (including phenoxy) is 2. The van der Waals surface area contributed by atoms with E-state index in [-0.39, 0.29) is 22.9 Å². The Balaban J connectivity index is 2.10. The van der Waals surface area contributed by atoms with Crippen LogP contribution in [0.2, 0.25) is 10.0 Å². The normalized spacial score (nSPS) is 11.9. The van der Waals surface area contributed by atoms with Gasteiger partial charge >= 0.3 is 0 Å². The molecular formula is C28H31Cl2N3O6S. The zero-order valence-electron chi connectivity index (χ0n) is 22.8. The van der Waals surface area contributed by atoms with Crippen molar-refractivity contribution in [2.45, 2.75) is 31.3 Å². The van der Waals surface area contributed by atoms with Gasteiger partial charge in [-0.3, -0.25) is 13.9 Å². The number of carbonyl (C=O) groups excluding carboxylic acids is 2. The van der Waals surface area contributed by atoms with Gasteiger partial charge in [-0.15, -0.1) is 0 Å². The molecule has 3 rings (SSSR count). The highest BCUT2D eigenvalue weighted by Gasteiger charge is 2.33. The number of nitrogens with one attached hydrogen (secondary N) is 1. The highest BCUT2D eigenvalue weighted by molar-refractivity contribution is 7.92.